The van der Waals surface area contributed by atoms with Crippen molar-refractivity contribution in [3.05, 3.63) is 59.7 Å². The Bertz CT molecular complexity index is 1140. The summed E-state index contributed by atoms with van der Waals surface area (Å²) in [6.07, 6.45) is 1.11. The van der Waals surface area contributed by atoms with Crippen LogP contribution in [0.3, 0.4) is 0 Å². The first-order chi connectivity index (χ1) is 20.6. The van der Waals surface area contributed by atoms with Gasteiger partial charge in [-0.25, -0.2) is 9.59 Å². The zero-order valence-electron chi connectivity index (χ0n) is 25.4. The number of hydrogen-bond donors (Lipinski definition) is 3. The molecule has 0 aromatic heterocycles. The van der Waals surface area contributed by atoms with Crippen molar-refractivity contribution in [1.82, 2.24) is 9.80 Å². The first-order valence-corrected chi connectivity index (χ1v) is 14.6. The minimum Gasteiger partial charge on any atom is -0.492 e. The fraction of sp³-hybridized carbons (Fsp3) is 0.533. The first-order valence-electron chi connectivity index (χ1n) is 14.6. The SMILES string of the molecule is CCOC(=O)c1ccc(OC[C@@H]2C[C@@H](O)CN2C)cc1.CCOC(=O)c1ccc(OC[C@@H]2C[C@@H](OB(N)O)CN2C)cc1. The van der Waals surface area contributed by atoms with E-state index < -0.39 is 7.25 Å². The third kappa shape index (κ3) is 11.1. The van der Waals surface area contributed by atoms with E-state index in [2.05, 4.69) is 9.80 Å². The van der Waals surface area contributed by atoms with Gasteiger partial charge in [-0.15, -0.1) is 0 Å². The molecule has 2 fully saturated rings. The molecule has 2 aromatic rings. The Hall–Kier alpha value is -3.20. The molecular weight excluding hydrogens is 557 g/mol. The second kappa shape index (κ2) is 17.2. The number of hydrogen-bond acceptors (Lipinski definition) is 12. The molecule has 0 radical (unpaired) electrons. The number of nitrogens with zero attached hydrogens (tertiary/aromatic N) is 2. The van der Waals surface area contributed by atoms with Crippen LogP contribution in [0.5, 0.6) is 11.5 Å². The summed E-state index contributed by atoms with van der Waals surface area (Å²) in [5.41, 5.74) is 6.26. The quantitative estimate of drug-likeness (QED) is 0.239. The molecule has 4 atom stereocenters. The summed E-state index contributed by atoms with van der Waals surface area (Å²) < 4.78 is 26.5. The van der Waals surface area contributed by atoms with Crippen LogP contribution in [0.2, 0.25) is 0 Å². The largest absolute Gasteiger partial charge is 0.549 e. The lowest BCUT2D eigenvalue weighted by atomic mass is 10.1. The Morgan fingerprint density at radius 1 is 0.814 bits per heavy atom. The molecule has 2 aliphatic heterocycles. The summed E-state index contributed by atoms with van der Waals surface area (Å²) >= 11 is 0. The number of esters is 2. The van der Waals surface area contributed by atoms with E-state index >= 15 is 0 Å². The Kier molecular flexibility index (Phi) is 13.7. The number of aliphatic hydroxyl groups excluding tert-OH is 1. The van der Waals surface area contributed by atoms with E-state index in [0.717, 1.165) is 12.8 Å². The number of nitrogens with two attached hydrogens (primary N) is 1. The van der Waals surface area contributed by atoms with E-state index in [1.165, 1.54) is 0 Å². The Morgan fingerprint density at radius 2 is 1.26 bits per heavy atom. The smallest absolute Gasteiger partial charge is 0.492 e. The summed E-state index contributed by atoms with van der Waals surface area (Å²) in [4.78, 5) is 27.3. The highest BCUT2D eigenvalue weighted by molar-refractivity contribution is 6.38. The number of aliphatic hydroxyl groups is 1. The van der Waals surface area contributed by atoms with E-state index in [1.807, 2.05) is 14.1 Å². The van der Waals surface area contributed by atoms with Gasteiger partial charge in [0.1, 0.15) is 24.7 Å². The fourth-order valence-electron chi connectivity index (χ4n) is 4.95. The van der Waals surface area contributed by atoms with Gasteiger partial charge >= 0.3 is 19.2 Å². The molecule has 13 heteroatoms. The molecule has 236 valence electrons. The zero-order valence-corrected chi connectivity index (χ0v) is 25.4. The van der Waals surface area contributed by atoms with Crippen LogP contribution in [0, 0.1) is 0 Å². The molecule has 0 saturated carbocycles. The Labute approximate surface area is 253 Å². The van der Waals surface area contributed by atoms with E-state index in [1.54, 1.807) is 62.4 Å². The molecule has 4 N–H and O–H groups in total. The number of rotatable bonds is 12. The summed E-state index contributed by atoms with van der Waals surface area (Å²) in [5, 5.41) is 18.6. The predicted octanol–water partition coefficient (Wildman–Crippen LogP) is 1.57. The predicted molar refractivity (Wildman–Crippen MR) is 161 cm³/mol. The van der Waals surface area contributed by atoms with Gasteiger partial charge in [0, 0.05) is 25.2 Å². The maximum atomic E-state index is 11.6. The summed E-state index contributed by atoms with van der Waals surface area (Å²) in [6, 6.07) is 14.2. The van der Waals surface area contributed by atoms with Gasteiger partial charge < -0.3 is 39.4 Å². The molecule has 0 aliphatic carbocycles. The third-order valence-electron chi connectivity index (χ3n) is 7.26. The van der Waals surface area contributed by atoms with E-state index in [-0.39, 0.29) is 36.2 Å². The number of ether oxygens (including phenoxy) is 4. The van der Waals surface area contributed by atoms with Gasteiger partial charge in [0.2, 0.25) is 0 Å². The van der Waals surface area contributed by atoms with Crippen molar-refractivity contribution in [1.29, 1.82) is 0 Å². The topological polar surface area (TPSA) is 153 Å². The zero-order chi connectivity index (χ0) is 31.4. The standard InChI is InChI=1S/C15H23BN2O5.C15H21NO4/c1-3-21-15(19)11-4-6-13(7-5-11)22-10-12-8-14(9-18(12)2)23-16(17)20;1-3-19-15(18)11-4-6-14(7-5-11)20-10-12-8-13(17)9-16(12)2/h4-7,12,14,20H,3,8-10,17H2,1-2H3;4-7,12-13,17H,3,8-10H2,1-2H3/t12-,14+;12-,13+/m00/s1. The molecule has 0 amide bonds. The van der Waals surface area contributed by atoms with Crippen LogP contribution in [0.1, 0.15) is 47.4 Å². The highest BCUT2D eigenvalue weighted by Gasteiger charge is 2.32. The van der Waals surface area contributed by atoms with Gasteiger partial charge in [0.25, 0.3) is 0 Å². The Morgan fingerprint density at radius 3 is 1.65 bits per heavy atom. The molecule has 0 bridgehead atoms. The van der Waals surface area contributed by atoms with E-state index in [9.17, 15) is 14.7 Å². The lowest BCUT2D eigenvalue weighted by molar-refractivity contribution is 0.0516. The van der Waals surface area contributed by atoms with Gasteiger partial charge in [0.05, 0.1) is 36.5 Å². The minimum absolute atomic E-state index is 0.0974. The molecule has 0 spiro atoms. The second-order valence-corrected chi connectivity index (χ2v) is 10.6. The number of β-amino-alcohol motifs (C(OH)–C–C–N with tert-alkyl or cyclic N) is 1. The summed E-state index contributed by atoms with van der Waals surface area (Å²) in [6.45, 7) is 6.69. The van der Waals surface area contributed by atoms with Crippen molar-refractivity contribution in [2.75, 3.05) is 53.6 Å². The normalized spacial score (nSPS) is 21.9. The van der Waals surface area contributed by atoms with Gasteiger partial charge in [-0.1, -0.05) is 0 Å². The van der Waals surface area contributed by atoms with Crippen LogP contribution in [0.25, 0.3) is 0 Å². The maximum Gasteiger partial charge on any atom is 0.549 e. The lowest BCUT2D eigenvalue weighted by Gasteiger charge is -2.19. The van der Waals surface area contributed by atoms with Gasteiger partial charge in [0.15, 0.2) is 0 Å². The molecular formula is C30H44BN3O9. The van der Waals surface area contributed by atoms with Gasteiger partial charge in [-0.2, -0.15) is 0 Å². The average Bonchev–Trinajstić information content (AvgIpc) is 3.49. The molecule has 12 nitrogen and oxygen atoms in total. The highest BCUT2D eigenvalue weighted by Crippen LogP contribution is 2.21. The maximum absolute atomic E-state index is 11.6. The number of carbonyl (C=O) groups excluding carboxylic acids is 2. The highest BCUT2D eigenvalue weighted by atomic mass is 16.5. The Balaban J connectivity index is 0.000000238. The van der Waals surface area contributed by atoms with Crippen LogP contribution in [0.4, 0.5) is 0 Å². The van der Waals surface area contributed by atoms with Crippen molar-refractivity contribution in [3.63, 3.8) is 0 Å². The molecule has 0 unspecified atom stereocenters. The second-order valence-electron chi connectivity index (χ2n) is 10.6. The van der Waals surface area contributed by atoms with Gasteiger partial charge in [-0.05, 0) is 89.3 Å². The van der Waals surface area contributed by atoms with Crippen LogP contribution in [0.15, 0.2) is 48.5 Å². The number of carbonyl (C=O) groups is 2. The van der Waals surface area contributed by atoms with Crippen LogP contribution in [-0.2, 0) is 14.1 Å². The minimum atomic E-state index is -1.25. The van der Waals surface area contributed by atoms with E-state index in [0.29, 0.717) is 62.1 Å². The van der Waals surface area contributed by atoms with Crippen LogP contribution in [-0.4, -0.2) is 117 Å². The molecule has 2 aliphatic rings. The molecule has 43 heavy (non-hydrogen) atoms. The number of likely N-dealkylation sites (N-methyl/N-ethyl adjacent to an activating group) is 2. The van der Waals surface area contributed by atoms with Crippen LogP contribution < -0.4 is 15.1 Å². The molecule has 4 rings (SSSR count). The summed E-state index contributed by atoms with van der Waals surface area (Å²) in [7, 11) is 2.71. The van der Waals surface area contributed by atoms with Crippen molar-refractivity contribution < 1.29 is 43.3 Å². The monoisotopic (exact) mass is 601 g/mol. The van der Waals surface area contributed by atoms with Crippen LogP contribution >= 0.6 is 0 Å². The van der Waals surface area contributed by atoms with E-state index in [4.69, 9.17) is 34.3 Å². The summed E-state index contributed by atoms with van der Waals surface area (Å²) in [5.74, 6) is 0.745. The average molecular weight is 602 g/mol. The molecule has 2 heterocycles. The van der Waals surface area contributed by atoms with Crippen molar-refractivity contribution in [2.45, 2.75) is 51.0 Å². The molecule has 2 aromatic carbocycles. The number of benzene rings is 2. The molecule has 2 saturated heterocycles. The first kappa shape index (κ1) is 34.3. The number of likely N-dealkylation sites (tertiary alicyclic amines) is 2. The van der Waals surface area contributed by atoms with Crippen molar-refractivity contribution >= 4 is 19.2 Å². The third-order valence-corrected chi connectivity index (χ3v) is 7.26. The van der Waals surface area contributed by atoms with Gasteiger partial charge in [-0.3, -0.25) is 9.80 Å². The lowest BCUT2D eigenvalue weighted by Crippen LogP contribution is -2.35. The van der Waals surface area contributed by atoms with Crippen molar-refractivity contribution in [3.8, 4) is 11.5 Å². The van der Waals surface area contributed by atoms with Crippen molar-refractivity contribution in [2.24, 2.45) is 5.64 Å². The fourth-order valence-corrected chi connectivity index (χ4v) is 4.95.